The van der Waals surface area contributed by atoms with Crippen molar-refractivity contribution in [3.8, 4) is 0 Å². The summed E-state index contributed by atoms with van der Waals surface area (Å²) in [7, 11) is 0. The second-order valence-electron chi connectivity index (χ2n) is 25.3. The number of furan rings is 1. The summed E-state index contributed by atoms with van der Waals surface area (Å²) in [6.07, 6.45) is 3.11. The van der Waals surface area contributed by atoms with E-state index in [1.54, 1.807) is 0 Å². The van der Waals surface area contributed by atoms with Crippen molar-refractivity contribution >= 4 is 137 Å². The molecule has 0 radical (unpaired) electrons. The van der Waals surface area contributed by atoms with Gasteiger partial charge in [0.1, 0.15) is 5.58 Å². The predicted molar refractivity (Wildman–Crippen MR) is 393 cm³/mol. The fourth-order valence-electron chi connectivity index (χ4n) is 15.3. The Bertz CT molecular complexity index is 5140. The summed E-state index contributed by atoms with van der Waals surface area (Å²) in [6, 6.07) is 120. The Morgan fingerprint density at radius 2 is 0.787 bits per heavy atom. The Morgan fingerprint density at radius 3 is 1.33 bits per heavy atom. The average Bonchev–Trinajstić information content (AvgIpc) is 1.15. The van der Waals surface area contributed by atoms with E-state index in [0.29, 0.717) is 6.42 Å². The zero-order chi connectivity index (χ0) is 62.4. The van der Waals surface area contributed by atoms with Gasteiger partial charge in [-0.1, -0.05) is 202 Å². The lowest BCUT2D eigenvalue weighted by atomic mass is 9.33. The number of fused-ring (bicyclic) bond motifs is 9. The molecular formula is C86H63BN6O. The van der Waals surface area contributed by atoms with Crippen LogP contribution in [0.25, 0.3) is 16.7 Å². The lowest BCUT2D eigenvalue weighted by Gasteiger charge is -2.45. The van der Waals surface area contributed by atoms with Gasteiger partial charge in [-0.25, -0.2) is 0 Å². The molecule has 4 aliphatic rings. The van der Waals surface area contributed by atoms with Crippen LogP contribution in [0.1, 0.15) is 36.1 Å². The maximum absolute atomic E-state index is 7.39. The molecule has 18 rings (SSSR count). The topological polar surface area (TPSA) is 32.6 Å². The van der Waals surface area contributed by atoms with Gasteiger partial charge in [0, 0.05) is 102 Å². The van der Waals surface area contributed by atoms with E-state index in [-0.39, 0.29) is 12.1 Å². The summed E-state index contributed by atoms with van der Waals surface area (Å²) in [6.45, 7) is 4.42. The zero-order valence-electron chi connectivity index (χ0n) is 52.1. The summed E-state index contributed by atoms with van der Waals surface area (Å²) in [5, 5.41) is 1.09. The van der Waals surface area contributed by atoms with Crippen LogP contribution in [0.15, 0.2) is 338 Å². The van der Waals surface area contributed by atoms with Crippen molar-refractivity contribution in [3.05, 3.63) is 356 Å². The smallest absolute Gasteiger partial charge is 0.257 e. The third kappa shape index (κ3) is 8.89. The van der Waals surface area contributed by atoms with E-state index in [9.17, 15) is 0 Å². The average molecular weight is 1210 g/mol. The monoisotopic (exact) mass is 1210 g/mol. The highest BCUT2D eigenvalue weighted by Gasteiger charge is 2.48. The molecule has 94 heavy (non-hydrogen) atoms. The van der Waals surface area contributed by atoms with Crippen molar-refractivity contribution in [2.75, 3.05) is 29.4 Å². The lowest BCUT2D eigenvalue weighted by molar-refractivity contribution is 0.623. The van der Waals surface area contributed by atoms with Gasteiger partial charge in [0.25, 0.3) is 6.71 Å². The molecule has 0 fully saturated rings. The first-order valence-electron chi connectivity index (χ1n) is 32.5. The van der Waals surface area contributed by atoms with Crippen LogP contribution in [0.3, 0.4) is 0 Å². The van der Waals surface area contributed by atoms with Gasteiger partial charge in [0.15, 0.2) is 0 Å². The van der Waals surface area contributed by atoms with Crippen molar-refractivity contribution in [1.82, 2.24) is 0 Å². The van der Waals surface area contributed by atoms with Crippen LogP contribution < -0.4 is 45.8 Å². The van der Waals surface area contributed by atoms with Gasteiger partial charge < -0.3 is 28.9 Å². The Morgan fingerprint density at radius 1 is 0.362 bits per heavy atom. The summed E-state index contributed by atoms with van der Waals surface area (Å²) in [4.78, 5) is 14.9. The minimum absolute atomic E-state index is 0.244. The molecule has 4 heterocycles. The summed E-state index contributed by atoms with van der Waals surface area (Å²) < 4.78 is 7.39. The van der Waals surface area contributed by atoms with Crippen molar-refractivity contribution in [3.63, 3.8) is 0 Å². The number of allylic oxidation sites excluding steroid dienone is 1. The van der Waals surface area contributed by atoms with Gasteiger partial charge in [-0.3, -0.25) is 4.90 Å². The molecule has 13 aromatic carbocycles. The van der Waals surface area contributed by atoms with Crippen LogP contribution in [0.5, 0.6) is 0 Å². The fraction of sp³-hybridized carbons (Fsp3) is 0.0465. The normalized spacial score (nSPS) is 13.7. The van der Waals surface area contributed by atoms with E-state index < -0.39 is 0 Å². The van der Waals surface area contributed by atoms with Gasteiger partial charge in [0.2, 0.25) is 5.88 Å². The first-order valence-corrected chi connectivity index (χ1v) is 32.5. The van der Waals surface area contributed by atoms with Crippen molar-refractivity contribution < 1.29 is 4.42 Å². The van der Waals surface area contributed by atoms with Gasteiger partial charge in [0.05, 0.1) is 28.4 Å². The molecule has 8 heteroatoms. The van der Waals surface area contributed by atoms with Gasteiger partial charge >= 0.3 is 0 Å². The third-order valence-electron chi connectivity index (χ3n) is 19.3. The SMILES string of the molecule is CC1(C)C=C(N(c2ccccc2)c2cc(N(c3ccccc3)c3ccccc3)cc3c2Cc2cc4c(cc2N3c2ccccc2)B2c3c(cc(N(c5ccccc5)c5ccccc5)cc3N(c3ccccc3)c3oc5ccccc5c32)N4c2ccccc2)c2ccccc21. The number of nitrogens with zero attached hydrogens (tertiary/aromatic N) is 6. The maximum Gasteiger partial charge on any atom is 0.257 e. The molecule has 1 aliphatic carbocycles. The number of hydrogen-bond acceptors (Lipinski definition) is 7. The third-order valence-corrected chi connectivity index (χ3v) is 19.3. The molecule has 0 amide bonds. The number of hydrogen-bond donors (Lipinski definition) is 0. The lowest BCUT2D eigenvalue weighted by Crippen LogP contribution is -2.61. The van der Waals surface area contributed by atoms with Crippen molar-refractivity contribution in [2.24, 2.45) is 0 Å². The standard InChI is InChI=1S/C86H63BN6O/c1-86(2)58-81(70-47-27-29-49-73(70)86)91(65-41-21-8-22-42-65)77-54-68(88(60-31-11-3-12-32-60)61-33-13-4-14-34-61)53-76-72(77)51-59-52-78-74(57-75(59)90(76)64-39-19-7-20-40-64)87-83-71-48-28-30-50-82(71)94-85(83)93(67-45-25-10-26-46-67)80-56-69(55-79(84(80)87)92(78)66-43-23-9-24-44-66)89(62-35-15-5-16-36-62)63-37-17-6-18-38-63/h3-50,52-58H,51H2,1-2H3. The molecule has 0 saturated heterocycles. The first kappa shape index (κ1) is 54.9. The first-order chi connectivity index (χ1) is 46.4. The number of anilines is 17. The second-order valence-corrected chi connectivity index (χ2v) is 25.3. The molecule has 0 saturated carbocycles. The predicted octanol–water partition coefficient (Wildman–Crippen LogP) is 21.3. The van der Waals surface area contributed by atoms with Crippen LogP contribution in [-0.4, -0.2) is 6.71 Å². The number of rotatable bonds is 12. The molecule has 0 N–H and O–H groups in total. The minimum atomic E-state index is -0.279. The zero-order valence-corrected chi connectivity index (χ0v) is 52.1. The molecule has 0 unspecified atom stereocenters. The van der Waals surface area contributed by atoms with Gasteiger partial charge in [-0.15, -0.1) is 0 Å². The van der Waals surface area contributed by atoms with Crippen LogP contribution >= 0.6 is 0 Å². The summed E-state index contributed by atoms with van der Waals surface area (Å²) in [5.41, 5.74) is 27.3. The maximum atomic E-state index is 7.39. The minimum Gasteiger partial charge on any atom is -0.440 e. The molecular weight excluding hydrogens is 1140 g/mol. The molecule has 7 nitrogen and oxygen atoms in total. The van der Waals surface area contributed by atoms with Crippen LogP contribution in [0, 0.1) is 0 Å². The largest absolute Gasteiger partial charge is 0.440 e. The number of benzene rings is 13. The highest BCUT2D eigenvalue weighted by Crippen LogP contribution is 2.57. The highest BCUT2D eigenvalue weighted by molar-refractivity contribution is 7.01. The molecule has 14 aromatic rings. The molecule has 3 aliphatic heterocycles. The molecule has 0 bridgehead atoms. The Hall–Kier alpha value is -12.0. The summed E-state index contributed by atoms with van der Waals surface area (Å²) >= 11 is 0. The van der Waals surface area contributed by atoms with E-state index in [2.05, 4.69) is 377 Å². The van der Waals surface area contributed by atoms with Crippen LogP contribution in [0.4, 0.5) is 96.9 Å². The Balaban J connectivity index is 0.954. The molecule has 0 spiro atoms. The molecule has 0 atom stereocenters. The quantitative estimate of drug-likeness (QED) is 0.113. The van der Waals surface area contributed by atoms with Crippen LogP contribution in [0.2, 0.25) is 0 Å². The van der Waals surface area contributed by atoms with E-state index in [0.717, 1.165) is 119 Å². The van der Waals surface area contributed by atoms with Crippen molar-refractivity contribution in [1.29, 1.82) is 0 Å². The van der Waals surface area contributed by atoms with Gasteiger partial charge in [-0.05, 0) is 168 Å². The Labute approximate surface area is 548 Å². The number of para-hydroxylation sites is 9. The highest BCUT2D eigenvalue weighted by atomic mass is 16.4. The second kappa shape index (κ2) is 22.1. The van der Waals surface area contributed by atoms with Crippen LogP contribution in [-0.2, 0) is 11.8 Å². The Kier molecular flexibility index (Phi) is 12.9. The molecule has 446 valence electrons. The molecule has 1 aromatic heterocycles. The van der Waals surface area contributed by atoms with E-state index >= 15 is 0 Å². The van der Waals surface area contributed by atoms with E-state index in [1.165, 1.54) is 33.2 Å². The van der Waals surface area contributed by atoms with Crippen molar-refractivity contribution in [2.45, 2.75) is 25.7 Å². The van der Waals surface area contributed by atoms with Gasteiger partial charge in [-0.2, -0.15) is 0 Å². The summed E-state index contributed by atoms with van der Waals surface area (Å²) in [5.74, 6) is 0.809. The fourth-order valence-corrected chi connectivity index (χ4v) is 15.3. The van der Waals surface area contributed by atoms with E-state index in [1.807, 2.05) is 0 Å². The van der Waals surface area contributed by atoms with E-state index in [4.69, 9.17) is 4.42 Å².